The van der Waals surface area contributed by atoms with Crippen molar-refractivity contribution in [2.75, 3.05) is 17.2 Å². The summed E-state index contributed by atoms with van der Waals surface area (Å²) in [6, 6.07) is 15.0. The average Bonchev–Trinajstić information content (AvgIpc) is 2.41. The summed E-state index contributed by atoms with van der Waals surface area (Å²) in [5.74, 6) is 0. The van der Waals surface area contributed by atoms with Crippen molar-refractivity contribution in [3.63, 3.8) is 0 Å². The minimum absolute atomic E-state index is 0.865. The smallest absolute Gasteiger partial charge is 0.0443 e. The van der Waals surface area contributed by atoms with Crippen LogP contribution in [0.1, 0.15) is 17.5 Å². The number of hydrogen-bond acceptors (Lipinski definition) is 2. The molecule has 0 aromatic heterocycles. The van der Waals surface area contributed by atoms with Crippen LogP contribution in [0.5, 0.6) is 0 Å². The van der Waals surface area contributed by atoms with E-state index in [2.05, 4.69) is 48.2 Å². The third-order valence-corrected chi connectivity index (χ3v) is 3.68. The van der Waals surface area contributed by atoms with Gasteiger partial charge < -0.3 is 10.6 Å². The highest BCUT2D eigenvalue weighted by Gasteiger charge is 2.17. The van der Waals surface area contributed by atoms with Crippen LogP contribution in [0.4, 0.5) is 17.1 Å². The maximum Gasteiger partial charge on any atom is 0.0443 e. The van der Waals surface area contributed by atoms with Crippen LogP contribution in [0.15, 0.2) is 42.5 Å². The highest BCUT2D eigenvalue weighted by atomic mass is 15.1. The summed E-state index contributed by atoms with van der Waals surface area (Å²) in [7, 11) is 0. The number of rotatable bonds is 1. The van der Waals surface area contributed by atoms with Crippen molar-refractivity contribution in [1.29, 1.82) is 0 Å². The van der Waals surface area contributed by atoms with Gasteiger partial charge >= 0.3 is 0 Å². The van der Waals surface area contributed by atoms with Crippen LogP contribution in [0.25, 0.3) is 0 Å². The van der Waals surface area contributed by atoms with E-state index in [0.29, 0.717) is 0 Å². The Bertz CT molecular complexity index is 575. The van der Waals surface area contributed by atoms with Crippen molar-refractivity contribution in [1.82, 2.24) is 0 Å². The van der Waals surface area contributed by atoms with E-state index in [1.165, 1.54) is 29.8 Å². The van der Waals surface area contributed by atoms with E-state index in [9.17, 15) is 0 Å². The lowest BCUT2D eigenvalue weighted by Crippen LogP contribution is -2.24. The lowest BCUT2D eigenvalue weighted by Gasteiger charge is -2.31. The third kappa shape index (κ3) is 1.84. The first-order chi connectivity index (χ1) is 8.75. The number of nitrogens with two attached hydrogens (primary N) is 1. The van der Waals surface area contributed by atoms with E-state index in [1.807, 2.05) is 6.07 Å². The molecule has 3 rings (SSSR count). The molecule has 0 saturated carbocycles. The number of nitrogen functional groups attached to an aromatic ring is 1. The van der Waals surface area contributed by atoms with Crippen molar-refractivity contribution in [3.8, 4) is 0 Å². The molecule has 0 amide bonds. The SMILES string of the molecule is Cc1cc(N2CCCc3ccccc32)ccc1N. The molecule has 18 heavy (non-hydrogen) atoms. The minimum Gasteiger partial charge on any atom is -0.399 e. The molecule has 0 saturated heterocycles. The maximum atomic E-state index is 5.89. The van der Waals surface area contributed by atoms with Gasteiger partial charge in [-0.2, -0.15) is 0 Å². The third-order valence-electron chi connectivity index (χ3n) is 3.68. The van der Waals surface area contributed by atoms with Crippen LogP contribution in [-0.4, -0.2) is 6.54 Å². The van der Waals surface area contributed by atoms with Crippen LogP contribution in [0.3, 0.4) is 0 Å². The topological polar surface area (TPSA) is 29.3 Å². The summed E-state index contributed by atoms with van der Waals surface area (Å²) in [5.41, 5.74) is 11.9. The fraction of sp³-hybridized carbons (Fsp3) is 0.250. The number of para-hydroxylation sites is 1. The molecule has 2 N–H and O–H groups in total. The summed E-state index contributed by atoms with van der Waals surface area (Å²) in [5, 5.41) is 0. The largest absolute Gasteiger partial charge is 0.399 e. The molecule has 2 aromatic rings. The zero-order valence-electron chi connectivity index (χ0n) is 10.7. The Morgan fingerprint density at radius 2 is 1.94 bits per heavy atom. The zero-order chi connectivity index (χ0) is 12.5. The second-order valence-corrected chi connectivity index (χ2v) is 4.92. The quantitative estimate of drug-likeness (QED) is 0.768. The average molecular weight is 238 g/mol. The molecule has 0 atom stereocenters. The van der Waals surface area contributed by atoms with Crippen molar-refractivity contribution in [2.24, 2.45) is 0 Å². The van der Waals surface area contributed by atoms with Crippen LogP contribution >= 0.6 is 0 Å². The zero-order valence-corrected chi connectivity index (χ0v) is 10.7. The first-order valence-electron chi connectivity index (χ1n) is 6.47. The number of hydrogen-bond donors (Lipinski definition) is 1. The van der Waals surface area contributed by atoms with Gasteiger partial charge in [-0.3, -0.25) is 0 Å². The van der Waals surface area contributed by atoms with Crippen molar-refractivity contribution in [2.45, 2.75) is 19.8 Å². The van der Waals surface area contributed by atoms with Gasteiger partial charge in [0.2, 0.25) is 0 Å². The van der Waals surface area contributed by atoms with Gasteiger partial charge in [-0.15, -0.1) is 0 Å². The monoisotopic (exact) mass is 238 g/mol. The number of benzene rings is 2. The first kappa shape index (κ1) is 11.1. The molecule has 0 aliphatic carbocycles. The summed E-state index contributed by atoms with van der Waals surface area (Å²) >= 11 is 0. The molecule has 2 aromatic carbocycles. The summed E-state index contributed by atoms with van der Waals surface area (Å²) in [6.07, 6.45) is 2.39. The van der Waals surface area contributed by atoms with Gasteiger partial charge in [0.05, 0.1) is 0 Å². The van der Waals surface area contributed by atoms with E-state index in [4.69, 9.17) is 5.73 Å². The number of fused-ring (bicyclic) bond motifs is 1. The molecule has 2 heteroatoms. The highest BCUT2D eigenvalue weighted by Crippen LogP contribution is 2.34. The predicted octanol–water partition coefficient (Wildman–Crippen LogP) is 3.66. The van der Waals surface area contributed by atoms with Crippen molar-refractivity contribution >= 4 is 17.1 Å². The molecular formula is C16H18N2. The highest BCUT2D eigenvalue weighted by molar-refractivity contribution is 5.70. The standard InChI is InChI=1S/C16H18N2/c1-12-11-14(8-9-15(12)17)18-10-4-6-13-5-2-3-7-16(13)18/h2-3,5,7-9,11H,4,6,10,17H2,1H3. The van der Waals surface area contributed by atoms with Gasteiger partial charge in [0.15, 0.2) is 0 Å². The number of aryl methyl sites for hydroxylation is 2. The minimum atomic E-state index is 0.865. The lowest BCUT2D eigenvalue weighted by molar-refractivity contribution is 0.767. The Kier molecular flexibility index (Phi) is 2.71. The molecule has 1 aliphatic rings. The van der Waals surface area contributed by atoms with Crippen LogP contribution in [0, 0.1) is 6.92 Å². The Morgan fingerprint density at radius 1 is 1.11 bits per heavy atom. The Balaban J connectivity index is 2.05. The lowest BCUT2D eigenvalue weighted by atomic mass is 10.0. The first-order valence-corrected chi connectivity index (χ1v) is 6.47. The van der Waals surface area contributed by atoms with Gasteiger partial charge in [-0.1, -0.05) is 18.2 Å². The van der Waals surface area contributed by atoms with Gasteiger partial charge in [0.25, 0.3) is 0 Å². The van der Waals surface area contributed by atoms with E-state index in [1.54, 1.807) is 0 Å². The van der Waals surface area contributed by atoms with Gasteiger partial charge in [-0.25, -0.2) is 0 Å². The number of nitrogens with zero attached hydrogens (tertiary/aromatic N) is 1. The van der Waals surface area contributed by atoms with Crippen molar-refractivity contribution < 1.29 is 0 Å². The second kappa shape index (κ2) is 4.37. The van der Waals surface area contributed by atoms with E-state index < -0.39 is 0 Å². The number of anilines is 3. The normalized spacial score (nSPS) is 14.4. The van der Waals surface area contributed by atoms with Crippen LogP contribution in [0.2, 0.25) is 0 Å². The Morgan fingerprint density at radius 3 is 2.78 bits per heavy atom. The van der Waals surface area contributed by atoms with E-state index in [0.717, 1.165) is 17.8 Å². The summed E-state index contributed by atoms with van der Waals surface area (Å²) in [4.78, 5) is 2.39. The fourth-order valence-corrected chi connectivity index (χ4v) is 2.63. The molecule has 1 heterocycles. The molecule has 1 aliphatic heterocycles. The maximum absolute atomic E-state index is 5.89. The molecule has 92 valence electrons. The molecular weight excluding hydrogens is 220 g/mol. The van der Waals surface area contributed by atoms with Gasteiger partial charge in [0, 0.05) is 23.6 Å². The second-order valence-electron chi connectivity index (χ2n) is 4.92. The Labute approximate surface area is 108 Å². The summed E-state index contributed by atoms with van der Waals surface area (Å²) < 4.78 is 0. The Hall–Kier alpha value is -1.96. The predicted molar refractivity (Wildman–Crippen MR) is 77.4 cm³/mol. The van der Waals surface area contributed by atoms with Gasteiger partial charge in [-0.05, 0) is 55.2 Å². The molecule has 2 nitrogen and oxygen atoms in total. The fourth-order valence-electron chi connectivity index (χ4n) is 2.63. The van der Waals surface area contributed by atoms with Crippen LogP contribution in [-0.2, 0) is 6.42 Å². The van der Waals surface area contributed by atoms with E-state index >= 15 is 0 Å². The molecule has 0 spiro atoms. The van der Waals surface area contributed by atoms with Gasteiger partial charge in [0.1, 0.15) is 0 Å². The molecule has 0 unspecified atom stereocenters. The van der Waals surface area contributed by atoms with E-state index in [-0.39, 0.29) is 0 Å². The molecule has 0 bridgehead atoms. The molecule has 0 fully saturated rings. The summed E-state index contributed by atoms with van der Waals surface area (Å²) in [6.45, 7) is 3.15. The molecule has 0 radical (unpaired) electrons. The van der Waals surface area contributed by atoms with Crippen molar-refractivity contribution in [3.05, 3.63) is 53.6 Å². The van der Waals surface area contributed by atoms with Crippen LogP contribution < -0.4 is 10.6 Å².